The van der Waals surface area contributed by atoms with Crippen LogP contribution >= 0.6 is 0 Å². The number of hydrogen-bond acceptors (Lipinski definition) is 2. The van der Waals surface area contributed by atoms with Gasteiger partial charge < -0.3 is 9.84 Å². The zero-order chi connectivity index (χ0) is 16.3. The van der Waals surface area contributed by atoms with Crippen molar-refractivity contribution in [2.24, 2.45) is 22.7 Å². The quantitative estimate of drug-likeness (QED) is 0.666. The van der Waals surface area contributed by atoms with Gasteiger partial charge in [-0.1, -0.05) is 54.9 Å². The monoisotopic (exact) mass is 298 g/mol. The van der Waals surface area contributed by atoms with Gasteiger partial charge in [0.2, 0.25) is 0 Å². The van der Waals surface area contributed by atoms with Gasteiger partial charge in [0.15, 0.2) is 6.29 Å². The lowest BCUT2D eigenvalue weighted by molar-refractivity contribution is -0.218. The molecule has 1 aliphatic carbocycles. The Bertz CT molecular complexity index is 297. The normalized spacial score (nSPS) is 28.4. The third-order valence-electron chi connectivity index (χ3n) is 5.89. The summed E-state index contributed by atoms with van der Waals surface area (Å²) >= 11 is 0. The van der Waals surface area contributed by atoms with Crippen molar-refractivity contribution in [3.8, 4) is 0 Å². The molecular weight excluding hydrogens is 260 g/mol. The zero-order valence-corrected chi connectivity index (χ0v) is 15.4. The van der Waals surface area contributed by atoms with Crippen molar-refractivity contribution in [3.05, 3.63) is 0 Å². The van der Waals surface area contributed by atoms with Crippen LogP contribution in [0.25, 0.3) is 0 Å². The van der Waals surface area contributed by atoms with E-state index < -0.39 is 6.29 Å². The van der Waals surface area contributed by atoms with E-state index in [1.807, 2.05) is 0 Å². The van der Waals surface area contributed by atoms with Crippen LogP contribution in [0, 0.1) is 22.7 Å². The summed E-state index contributed by atoms with van der Waals surface area (Å²) in [4.78, 5) is 0. The lowest BCUT2D eigenvalue weighted by Gasteiger charge is -2.42. The summed E-state index contributed by atoms with van der Waals surface area (Å²) in [7, 11) is 0. The maximum atomic E-state index is 10.6. The summed E-state index contributed by atoms with van der Waals surface area (Å²) in [5, 5.41) is 10.6. The summed E-state index contributed by atoms with van der Waals surface area (Å²) in [5.41, 5.74) is 0.272. The van der Waals surface area contributed by atoms with Crippen LogP contribution < -0.4 is 0 Å². The molecule has 1 aliphatic rings. The topological polar surface area (TPSA) is 29.5 Å². The van der Waals surface area contributed by atoms with Crippen molar-refractivity contribution in [1.82, 2.24) is 0 Å². The van der Waals surface area contributed by atoms with E-state index in [1.54, 1.807) is 0 Å². The van der Waals surface area contributed by atoms with Gasteiger partial charge in [-0.15, -0.1) is 0 Å². The van der Waals surface area contributed by atoms with Gasteiger partial charge in [0, 0.05) is 5.41 Å². The fourth-order valence-corrected chi connectivity index (χ4v) is 3.64. The number of aliphatic hydroxyl groups excluding tert-OH is 1. The lowest BCUT2D eigenvalue weighted by atomic mass is 9.71. The maximum Gasteiger partial charge on any atom is 0.160 e. The first-order valence-electron chi connectivity index (χ1n) is 8.94. The first-order valence-corrected chi connectivity index (χ1v) is 8.94. The van der Waals surface area contributed by atoms with E-state index in [0.29, 0.717) is 11.3 Å². The van der Waals surface area contributed by atoms with Crippen LogP contribution in [-0.4, -0.2) is 17.5 Å². The molecule has 2 unspecified atom stereocenters. The Morgan fingerprint density at radius 2 is 1.57 bits per heavy atom. The second-order valence-corrected chi connectivity index (χ2v) is 8.74. The smallest absolute Gasteiger partial charge is 0.160 e. The van der Waals surface area contributed by atoms with Gasteiger partial charge in [0.05, 0.1) is 6.10 Å². The molecule has 0 aromatic heterocycles. The lowest BCUT2D eigenvalue weighted by Crippen LogP contribution is -2.42. The van der Waals surface area contributed by atoms with Crippen molar-refractivity contribution in [2.75, 3.05) is 0 Å². The predicted octanol–water partition coefficient (Wildman–Crippen LogP) is 5.39. The Balaban J connectivity index is 2.54. The highest BCUT2D eigenvalue weighted by molar-refractivity contribution is 4.84. The molecule has 2 atom stereocenters. The largest absolute Gasteiger partial charge is 0.367 e. The van der Waals surface area contributed by atoms with E-state index in [2.05, 4.69) is 48.5 Å². The molecule has 0 spiro atoms. The zero-order valence-electron chi connectivity index (χ0n) is 15.4. The molecule has 0 saturated heterocycles. The molecule has 2 heteroatoms. The van der Waals surface area contributed by atoms with Gasteiger partial charge in [-0.3, -0.25) is 0 Å². The Labute approximate surface area is 132 Å². The Morgan fingerprint density at radius 3 is 1.95 bits per heavy atom. The molecule has 1 saturated carbocycles. The average Bonchev–Trinajstić information content (AvgIpc) is 2.38. The molecule has 0 heterocycles. The minimum absolute atomic E-state index is 0.129. The summed E-state index contributed by atoms with van der Waals surface area (Å²) in [6, 6.07) is 0. The van der Waals surface area contributed by atoms with Crippen LogP contribution in [0.5, 0.6) is 0 Å². The van der Waals surface area contributed by atoms with E-state index in [0.717, 1.165) is 31.6 Å². The maximum absolute atomic E-state index is 10.6. The van der Waals surface area contributed by atoms with Gasteiger partial charge in [-0.05, 0) is 49.4 Å². The molecule has 0 bridgehead atoms. The molecule has 0 aromatic carbocycles. The summed E-state index contributed by atoms with van der Waals surface area (Å²) < 4.78 is 6.09. The molecule has 0 amide bonds. The van der Waals surface area contributed by atoms with E-state index in [9.17, 15) is 5.11 Å². The minimum Gasteiger partial charge on any atom is -0.367 e. The second kappa shape index (κ2) is 7.46. The second-order valence-electron chi connectivity index (χ2n) is 8.74. The molecule has 0 aromatic rings. The van der Waals surface area contributed by atoms with Crippen molar-refractivity contribution in [2.45, 2.75) is 99.4 Å². The third kappa shape index (κ3) is 4.96. The summed E-state index contributed by atoms with van der Waals surface area (Å²) in [6.45, 7) is 15.8. The molecule has 1 rings (SSSR count). The standard InChI is InChI=1S/C19H38O2/c1-8-13-19(7,14(2)3)17(20)21-16-11-9-15(10-12-16)18(4,5)6/h14-17,20H,8-13H2,1-7H3. The van der Waals surface area contributed by atoms with E-state index in [4.69, 9.17) is 4.74 Å². The van der Waals surface area contributed by atoms with Crippen molar-refractivity contribution < 1.29 is 9.84 Å². The Morgan fingerprint density at radius 1 is 1.05 bits per heavy atom. The molecule has 2 nitrogen and oxygen atoms in total. The van der Waals surface area contributed by atoms with Crippen LogP contribution in [0.4, 0.5) is 0 Å². The molecule has 1 N–H and O–H groups in total. The molecule has 1 fully saturated rings. The van der Waals surface area contributed by atoms with Gasteiger partial charge in [-0.25, -0.2) is 0 Å². The van der Waals surface area contributed by atoms with Crippen molar-refractivity contribution >= 4 is 0 Å². The average molecular weight is 299 g/mol. The van der Waals surface area contributed by atoms with Gasteiger partial charge in [0.1, 0.15) is 0 Å². The molecule has 0 aliphatic heterocycles. The summed E-state index contributed by atoms with van der Waals surface area (Å²) in [6.07, 6.45) is 6.37. The first kappa shape index (κ1) is 19.0. The fourth-order valence-electron chi connectivity index (χ4n) is 3.64. The first-order chi connectivity index (χ1) is 9.61. The highest BCUT2D eigenvalue weighted by atomic mass is 16.6. The Hall–Kier alpha value is -0.0800. The number of aliphatic hydroxyl groups is 1. The van der Waals surface area contributed by atoms with Crippen molar-refractivity contribution in [3.63, 3.8) is 0 Å². The SMILES string of the molecule is CCCC(C)(C(C)C)C(O)OC1CCC(C(C)(C)C)CC1. The number of rotatable bonds is 6. The van der Waals surface area contributed by atoms with E-state index >= 15 is 0 Å². The van der Waals surface area contributed by atoms with Crippen LogP contribution in [0.15, 0.2) is 0 Å². The summed E-state index contributed by atoms with van der Waals surface area (Å²) in [5.74, 6) is 1.22. The van der Waals surface area contributed by atoms with Gasteiger partial charge in [-0.2, -0.15) is 0 Å². The molecule has 126 valence electrons. The highest BCUT2D eigenvalue weighted by Crippen LogP contribution is 2.41. The van der Waals surface area contributed by atoms with Crippen molar-refractivity contribution in [1.29, 1.82) is 0 Å². The highest BCUT2D eigenvalue weighted by Gasteiger charge is 2.39. The molecule has 0 radical (unpaired) electrons. The van der Waals surface area contributed by atoms with Crippen LogP contribution in [0.2, 0.25) is 0 Å². The molecular formula is C19H38O2. The van der Waals surface area contributed by atoms with Gasteiger partial charge >= 0.3 is 0 Å². The number of ether oxygens (including phenoxy) is 1. The van der Waals surface area contributed by atoms with Crippen LogP contribution in [-0.2, 0) is 4.74 Å². The third-order valence-corrected chi connectivity index (χ3v) is 5.89. The van der Waals surface area contributed by atoms with Crippen LogP contribution in [0.3, 0.4) is 0 Å². The Kier molecular flexibility index (Phi) is 6.74. The minimum atomic E-state index is -0.631. The fraction of sp³-hybridized carbons (Fsp3) is 1.00. The number of hydrogen-bond donors (Lipinski definition) is 1. The van der Waals surface area contributed by atoms with Crippen LogP contribution in [0.1, 0.15) is 87.0 Å². The predicted molar refractivity (Wildman–Crippen MR) is 90.1 cm³/mol. The molecule has 21 heavy (non-hydrogen) atoms. The van der Waals surface area contributed by atoms with E-state index in [1.165, 1.54) is 12.8 Å². The van der Waals surface area contributed by atoms with Gasteiger partial charge in [0.25, 0.3) is 0 Å². The van der Waals surface area contributed by atoms with E-state index in [-0.39, 0.29) is 11.5 Å².